The van der Waals surface area contributed by atoms with E-state index in [0.29, 0.717) is 27.6 Å². The van der Waals surface area contributed by atoms with Gasteiger partial charge in [0.1, 0.15) is 12.1 Å². The molecule has 0 atom stereocenters. The summed E-state index contributed by atoms with van der Waals surface area (Å²) in [4.78, 5) is 11.8. The van der Waals surface area contributed by atoms with E-state index in [-0.39, 0.29) is 19.2 Å². The number of benzene rings is 2. The van der Waals surface area contributed by atoms with E-state index in [9.17, 15) is 4.21 Å². The normalized spacial score (nSPS) is 11.6. The van der Waals surface area contributed by atoms with Crippen molar-refractivity contribution in [2.45, 2.75) is 0 Å². The predicted molar refractivity (Wildman–Crippen MR) is 124 cm³/mol. The minimum absolute atomic E-state index is 0.0992. The lowest BCUT2D eigenvalue weighted by Crippen LogP contribution is -2.02. The zero-order chi connectivity index (χ0) is 22.0. The number of H-pyrrole nitrogens is 1. The molecular formula is C22H21ClN4O3S. The van der Waals surface area contributed by atoms with Gasteiger partial charge in [0, 0.05) is 27.8 Å². The molecule has 9 heteroatoms. The molecule has 0 radical (unpaired) electrons. The lowest BCUT2D eigenvalue weighted by atomic mass is 10.0. The maximum Gasteiger partial charge on any atom is 0.295 e. The predicted octanol–water partition coefficient (Wildman–Crippen LogP) is 4.68. The van der Waals surface area contributed by atoms with Gasteiger partial charge < -0.3 is 9.84 Å². The highest BCUT2D eigenvalue weighted by molar-refractivity contribution is 7.92. The molecule has 2 aromatic heterocycles. The topological polar surface area (TPSA) is 100 Å². The van der Waals surface area contributed by atoms with Gasteiger partial charge in [-0.2, -0.15) is 9.35 Å². The second-order valence-corrected chi connectivity index (χ2v) is 10.1. The molecule has 4 rings (SSSR count). The quantitative estimate of drug-likeness (QED) is 0.439. The van der Waals surface area contributed by atoms with Crippen LogP contribution in [0.1, 0.15) is 0 Å². The zero-order valence-electron chi connectivity index (χ0n) is 17.0. The Hall–Kier alpha value is -2.94. The van der Waals surface area contributed by atoms with E-state index in [1.54, 1.807) is 18.6 Å². The van der Waals surface area contributed by atoms with Crippen molar-refractivity contribution in [1.29, 1.82) is 0 Å². The first-order valence-corrected chi connectivity index (χ1v) is 12.2. The summed E-state index contributed by atoms with van der Waals surface area (Å²) in [5, 5.41) is 9.36. The van der Waals surface area contributed by atoms with Crippen LogP contribution >= 0.6 is 11.6 Å². The van der Waals surface area contributed by atoms with Crippen LogP contribution in [0.3, 0.4) is 0 Å². The number of hydrogen-bond donors (Lipinski definition) is 2. The van der Waals surface area contributed by atoms with Crippen LogP contribution in [0.5, 0.6) is 6.01 Å². The second kappa shape index (κ2) is 8.66. The van der Waals surface area contributed by atoms with Crippen LogP contribution in [0.4, 0.5) is 5.69 Å². The van der Waals surface area contributed by atoms with Gasteiger partial charge in [0.05, 0.1) is 23.0 Å². The van der Waals surface area contributed by atoms with E-state index in [1.165, 1.54) is 0 Å². The zero-order valence-corrected chi connectivity index (χ0v) is 18.6. The number of hydrogen-bond acceptors (Lipinski definition) is 6. The molecule has 0 aliphatic heterocycles. The summed E-state index contributed by atoms with van der Waals surface area (Å²) in [6.07, 6.45) is 3.23. The third-order valence-corrected chi connectivity index (χ3v) is 5.36. The average Bonchev–Trinajstić information content (AvgIpc) is 3.13. The Balaban J connectivity index is 1.61. The number of imidazole rings is 1. The van der Waals surface area contributed by atoms with Crippen molar-refractivity contribution in [2.75, 3.05) is 25.7 Å². The van der Waals surface area contributed by atoms with Gasteiger partial charge in [-0.1, -0.05) is 48.0 Å². The Morgan fingerprint density at radius 2 is 1.65 bits per heavy atom. The summed E-state index contributed by atoms with van der Waals surface area (Å²) in [7, 11) is -2.18. The third-order valence-electron chi connectivity index (χ3n) is 4.42. The van der Waals surface area contributed by atoms with Crippen LogP contribution in [0.2, 0.25) is 5.02 Å². The van der Waals surface area contributed by atoms with Gasteiger partial charge in [-0.05, 0) is 29.3 Å². The highest BCUT2D eigenvalue weighted by Crippen LogP contribution is 2.31. The van der Waals surface area contributed by atoms with Gasteiger partial charge in [-0.15, -0.1) is 0 Å². The molecule has 2 N–H and O–H groups in total. The molecule has 160 valence electrons. The van der Waals surface area contributed by atoms with E-state index >= 15 is 0 Å². The minimum Gasteiger partial charge on any atom is -0.462 e. The number of pyridine rings is 1. The molecule has 0 saturated heterocycles. The minimum atomic E-state index is -2.18. The van der Waals surface area contributed by atoms with E-state index in [0.717, 1.165) is 16.7 Å². The van der Waals surface area contributed by atoms with Crippen LogP contribution in [0, 0.1) is 0 Å². The number of aliphatic hydroxyl groups excluding tert-OH is 1. The Kier molecular flexibility index (Phi) is 5.95. The Morgan fingerprint density at radius 3 is 2.26 bits per heavy atom. The average molecular weight is 457 g/mol. The van der Waals surface area contributed by atoms with Gasteiger partial charge in [0.2, 0.25) is 0 Å². The Morgan fingerprint density at radius 1 is 1.03 bits per heavy atom. The first kappa shape index (κ1) is 21.3. The van der Waals surface area contributed by atoms with Gasteiger partial charge in [-0.3, -0.25) is 4.98 Å². The maximum absolute atomic E-state index is 11.8. The number of fused-ring (bicyclic) bond motifs is 1. The molecule has 0 saturated carbocycles. The molecule has 4 aromatic rings. The van der Waals surface area contributed by atoms with Crippen LogP contribution < -0.4 is 4.74 Å². The maximum atomic E-state index is 11.8. The van der Waals surface area contributed by atoms with Gasteiger partial charge in [0.25, 0.3) is 6.01 Å². The number of ether oxygens (including phenoxy) is 1. The molecule has 0 amide bonds. The summed E-state index contributed by atoms with van der Waals surface area (Å²) in [6.45, 7) is 0.0464. The highest BCUT2D eigenvalue weighted by atomic mass is 35.5. The highest BCUT2D eigenvalue weighted by Gasteiger charge is 2.12. The van der Waals surface area contributed by atoms with Crippen molar-refractivity contribution in [3.63, 3.8) is 0 Å². The monoisotopic (exact) mass is 456 g/mol. The molecule has 0 aliphatic carbocycles. The molecular weight excluding hydrogens is 436 g/mol. The van der Waals surface area contributed by atoms with E-state index in [4.69, 9.17) is 21.4 Å². The number of aromatic nitrogens is 3. The molecule has 2 aromatic carbocycles. The molecule has 0 aliphatic rings. The molecule has 2 heterocycles. The number of rotatable bonds is 6. The van der Waals surface area contributed by atoms with Crippen LogP contribution in [-0.2, 0) is 9.73 Å². The smallest absolute Gasteiger partial charge is 0.295 e. The molecule has 0 unspecified atom stereocenters. The number of halogens is 1. The molecule has 7 nitrogen and oxygen atoms in total. The number of nitrogens with zero attached hydrogens (tertiary/aromatic N) is 3. The lowest BCUT2D eigenvalue weighted by molar-refractivity contribution is 0.193. The Bertz CT molecular complexity index is 1330. The summed E-state index contributed by atoms with van der Waals surface area (Å²) in [5.41, 5.74) is 5.40. The van der Waals surface area contributed by atoms with Gasteiger partial charge in [0.15, 0.2) is 5.65 Å². The van der Waals surface area contributed by atoms with Crippen molar-refractivity contribution in [3.8, 4) is 28.4 Å². The van der Waals surface area contributed by atoms with Crippen molar-refractivity contribution < 1.29 is 14.1 Å². The lowest BCUT2D eigenvalue weighted by Gasteiger charge is -2.07. The second-order valence-electron chi connectivity index (χ2n) is 7.20. The molecule has 0 fully saturated rings. The van der Waals surface area contributed by atoms with E-state index < -0.39 is 9.73 Å². The van der Waals surface area contributed by atoms with Crippen LogP contribution in [-0.4, -0.2) is 50.0 Å². The van der Waals surface area contributed by atoms with Crippen molar-refractivity contribution in [2.24, 2.45) is 4.36 Å². The largest absolute Gasteiger partial charge is 0.462 e. The summed E-state index contributed by atoms with van der Waals surface area (Å²) < 4.78 is 21.3. The standard InChI is InChI=1S/C22H21ClN4O3S/c1-31(2,29)27-17-9-7-15(8-10-17)14-3-5-16(6-4-14)20-18(23)13-19-21(25-20)26-22(24-19)30-12-11-28/h3-10,13,28H,11-12H2,1-2H3,(H,24,25,26). The fraction of sp³-hybridized carbons (Fsp3) is 0.182. The van der Waals surface area contributed by atoms with Crippen LogP contribution in [0.15, 0.2) is 59.0 Å². The summed E-state index contributed by atoms with van der Waals surface area (Å²) in [6, 6.07) is 17.5. The third kappa shape index (κ3) is 5.04. The summed E-state index contributed by atoms with van der Waals surface area (Å²) in [5.74, 6) is 0. The number of nitrogens with one attached hydrogen (secondary N) is 1. The number of aromatic amines is 1. The van der Waals surface area contributed by atoms with Crippen molar-refractivity contribution in [3.05, 3.63) is 59.6 Å². The van der Waals surface area contributed by atoms with Gasteiger partial charge in [-0.25, -0.2) is 9.19 Å². The SMILES string of the molecule is CS(C)(=O)=Nc1ccc(-c2ccc(-c3nc4[nH]c(OCCO)nc4cc3Cl)cc2)cc1. The molecule has 0 bridgehead atoms. The fourth-order valence-corrected chi connectivity index (χ4v) is 3.98. The van der Waals surface area contributed by atoms with Crippen molar-refractivity contribution >= 4 is 38.2 Å². The first-order valence-electron chi connectivity index (χ1n) is 9.50. The molecule has 0 spiro atoms. The first-order chi connectivity index (χ1) is 14.8. The van der Waals surface area contributed by atoms with Gasteiger partial charge >= 0.3 is 0 Å². The van der Waals surface area contributed by atoms with Crippen molar-refractivity contribution in [1.82, 2.24) is 15.0 Å². The fourth-order valence-electron chi connectivity index (χ4n) is 3.10. The summed E-state index contributed by atoms with van der Waals surface area (Å²) >= 11 is 6.45. The number of aliphatic hydroxyl groups is 1. The van der Waals surface area contributed by atoms with E-state index in [2.05, 4.69) is 19.3 Å². The van der Waals surface area contributed by atoms with Crippen LogP contribution in [0.25, 0.3) is 33.5 Å². The molecule has 31 heavy (non-hydrogen) atoms. The van der Waals surface area contributed by atoms with E-state index in [1.807, 2.05) is 48.5 Å². The Labute approximate surface area is 185 Å².